The van der Waals surface area contributed by atoms with Gasteiger partial charge in [0.15, 0.2) is 0 Å². The summed E-state index contributed by atoms with van der Waals surface area (Å²) in [6.07, 6.45) is 5.76. The first kappa shape index (κ1) is 18.1. The molecule has 0 spiro atoms. The molecule has 0 saturated heterocycles. The van der Waals surface area contributed by atoms with Crippen LogP contribution >= 0.6 is 0 Å². The molecular weight excluding hydrogens is 335 g/mol. The summed E-state index contributed by atoms with van der Waals surface area (Å²) in [4.78, 5) is 23.9. The van der Waals surface area contributed by atoms with E-state index in [4.69, 9.17) is 0 Å². The number of nitrogens with zero attached hydrogens (tertiary/aromatic N) is 1. The zero-order valence-electron chi connectivity index (χ0n) is 14.6. The number of halogens is 1. The van der Waals surface area contributed by atoms with Crippen molar-refractivity contribution in [2.45, 2.75) is 45.1 Å². The van der Waals surface area contributed by atoms with E-state index < -0.39 is 5.82 Å². The summed E-state index contributed by atoms with van der Waals surface area (Å²) in [5.74, 6) is -0.859. The third-order valence-electron chi connectivity index (χ3n) is 4.59. The summed E-state index contributed by atoms with van der Waals surface area (Å²) in [6, 6.07) is 5.28. The Morgan fingerprint density at radius 2 is 1.85 bits per heavy atom. The number of benzene rings is 1. The first-order valence-corrected chi connectivity index (χ1v) is 8.99. The van der Waals surface area contributed by atoms with Gasteiger partial charge in [0, 0.05) is 24.2 Å². The topological polar surface area (TPSA) is 86.9 Å². The molecule has 0 unspecified atom stereocenters. The highest BCUT2D eigenvalue weighted by Gasteiger charge is 2.16. The number of carbonyl (C=O) groups is 2. The van der Waals surface area contributed by atoms with Crippen LogP contribution in [0, 0.1) is 5.82 Å². The van der Waals surface area contributed by atoms with Gasteiger partial charge in [-0.25, -0.2) is 4.39 Å². The lowest BCUT2D eigenvalue weighted by atomic mass is 10.1. The Bertz CT molecular complexity index is 770. The van der Waals surface area contributed by atoms with Gasteiger partial charge in [0.1, 0.15) is 5.82 Å². The van der Waals surface area contributed by atoms with Gasteiger partial charge in [-0.15, -0.1) is 0 Å². The number of hydrogen-bond acceptors (Lipinski definition) is 3. The molecule has 1 aliphatic rings. The van der Waals surface area contributed by atoms with Crippen LogP contribution in [0.3, 0.4) is 0 Å². The Morgan fingerprint density at radius 1 is 1.08 bits per heavy atom. The van der Waals surface area contributed by atoms with E-state index in [0.717, 1.165) is 25.0 Å². The third kappa shape index (κ3) is 4.68. The second-order valence-corrected chi connectivity index (χ2v) is 6.48. The van der Waals surface area contributed by atoms with Gasteiger partial charge in [-0.05, 0) is 55.5 Å². The van der Waals surface area contributed by atoms with Crippen LogP contribution in [0.4, 0.5) is 4.39 Å². The molecule has 2 aromatic rings. The summed E-state index contributed by atoms with van der Waals surface area (Å²) >= 11 is 0. The van der Waals surface area contributed by atoms with Crippen molar-refractivity contribution in [3.8, 4) is 0 Å². The van der Waals surface area contributed by atoms with E-state index in [2.05, 4.69) is 20.8 Å². The van der Waals surface area contributed by atoms with Crippen molar-refractivity contribution in [1.29, 1.82) is 0 Å². The number of hydrogen-bond donors (Lipinski definition) is 3. The van der Waals surface area contributed by atoms with Gasteiger partial charge >= 0.3 is 0 Å². The maximum atomic E-state index is 12.8. The van der Waals surface area contributed by atoms with Gasteiger partial charge in [-0.2, -0.15) is 5.10 Å². The van der Waals surface area contributed by atoms with Crippen LogP contribution in [0.5, 0.6) is 0 Å². The molecule has 0 atom stereocenters. The maximum absolute atomic E-state index is 12.8. The SMILES string of the molecule is O=C(CCNC(=O)c1ccc(F)cc1)NCc1n[nH]c2c1CCCCC2. The minimum absolute atomic E-state index is 0.144. The molecule has 138 valence electrons. The van der Waals surface area contributed by atoms with E-state index in [1.54, 1.807) is 0 Å². The number of amides is 2. The van der Waals surface area contributed by atoms with Crippen LogP contribution in [-0.4, -0.2) is 28.6 Å². The van der Waals surface area contributed by atoms with Crippen LogP contribution < -0.4 is 10.6 Å². The van der Waals surface area contributed by atoms with Crippen LogP contribution in [0.2, 0.25) is 0 Å². The molecule has 1 aromatic heterocycles. The van der Waals surface area contributed by atoms with Crippen molar-refractivity contribution in [1.82, 2.24) is 20.8 Å². The summed E-state index contributed by atoms with van der Waals surface area (Å²) in [5, 5.41) is 12.9. The summed E-state index contributed by atoms with van der Waals surface area (Å²) in [6.45, 7) is 0.622. The van der Waals surface area contributed by atoms with Crippen molar-refractivity contribution in [3.05, 3.63) is 52.6 Å². The van der Waals surface area contributed by atoms with E-state index in [-0.39, 0.29) is 24.8 Å². The predicted molar refractivity (Wildman–Crippen MR) is 95.0 cm³/mol. The van der Waals surface area contributed by atoms with Gasteiger partial charge < -0.3 is 10.6 Å². The third-order valence-corrected chi connectivity index (χ3v) is 4.59. The van der Waals surface area contributed by atoms with Crippen LogP contribution in [0.15, 0.2) is 24.3 Å². The normalized spacial score (nSPS) is 13.6. The Morgan fingerprint density at radius 3 is 2.65 bits per heavy atom. The fourth-order valence-corrected chi connectivity index (χ4v) is 3.14. The molecule has 0 bridgehead atoms. The largest absolute Gasteiger partial charge is 0.352 e. The monoisotopic (exact) mass is 358 g/mol. The first-order chi connectivity index (χ1) is 12.6. The molecule has 6 nitrogen and oxygen atoms in total. The zero-order chi connectivity index (χ0) is 18.4. The number of fused-ring (bicyclic) bond motifs is 1. The summed E-state index contributed by atoms with van der Waals surface area (Å²) in [7, 11) is 0. The average molecular weight is 358 g/mol. The van der Waals surface area contributed by atoms with Crippen molar-refractivity contribution < 1.29 is 14.0 Å². The van der Waals surface area contributed by atoms with Gasteiger partial charge in [0.05, 0.1) is 12.2 Å². The molecule has 0 radical (unpaired) electrons. The molecule has 26 heavy (non-hydrogen) atoms. The van der Waals surface area contributed by atoms with Crippen molar-refractivity contribution >= 4 is 11.8 Å². The standard InChI is InChI=1S/C19H23FN4O2/c20-14-8-6-13(7-9-14)19(26)21-11-10-18(25)22-12-17-15-4-2-1-3-5-16(15)23-24-17/h6-9H,1-5,10-12H2,(H,21,26)(H,22,25)(H,23,24). The zero-order valence-corrected chi connectivity index (χ0v) is 14.6. The predicted octanol–water partition coefficient (Wildman–Crippen LogP) is 2.25. The fourth-order valence-electron chi connectivity index (χ4n) is 3.14. The number of H-pyrrole nitrogens is 1. The first-order valence-electron chi connectivity index (χ1n) is 8.99. The molecule has 1 aliphatic carbocycles. The molecule has 0 saturated carbocycles. The lowest BCUT2D eigenvalue weighted by molar-refractivity contribution is -0.121. The Labute approximate surface area is 151 Å². The highest BCUT2D eigenvalue weighted by molar-refractivity contribution is 5.94. The molecule has 0 fully saturated rings. The average Bonchev–Trinajstić information content (AvgIpc) is 2.86. The Balaban J connectivity index is 1.41. The van der Waals surface area contributed by atoms with Gasteiger partial charge in [-0.3, -0.25) is 14.7 Å². The van der Waals surface area contributed by atoms with Crippen LogP contribution in [0.1, 0.15) is 53.0 Å². The second-order valence-electron chi connectivity index (χ2n) is 6.48. The van der Waals surface area contributed by atoms with Crippen molar-refractivity contribution in [2.24, 2.45) is 0 Å². The van der Waals surface area contributed by atoms with Crippen LogP contribution in [-0.2, 0) is 24.2 Å². The molecule has 3 N–H and O–H groups in total. The summed E-state index contributed by atoms with van der Waals surface area (Å²) in [5.41, 5.74) is 3.71. The lowest BCUT2D eigenvalue weighted by Crippen LogP contribution is -2.30. The fraction of sp³-hybridized carbons (Fsp3) is 0.421. The molecule has 0 aliphatic heterocycles. The van der Waals surface area contributed by atoms with E-state index in [1.165, 1.54) is 48.4 Å². The Hall–Kier alpha value is -2.70. The maximum Gasteiger partial charge on any atom is 0.251 e. The Kier molecular flexibility index (Phi) is 5.99. The van der Waals surface area contributed by atoms with Gasteiger partial charge in [-0.1, -0.05) is 6.42 Å². The highest BCUT2D eigenvalue weighted by Crippen LogP contribution is 2.21. The van der Waals surface area contributed by atoms with Gasteiger partial charge in [0.25, 0.3) is 5.91 Å². The minimum atomic E-state index is -0.391. The highest BCUT2D eigenvalue weighted by atomic mass is 19.1. The number of carbonyl (C=O) groups excluding carboxylic acids is 2. The molecular formula is C19H23FN4O2. The molecule has 7 heteroatoms. The lowest BCUT2D eigenvalue weighted by Gasteiger charge is -2.07. The number of rotatable bonds is 6. The quantitative estimate of drug-likeness (QED) is 0.692. The van der Waals surface area contributed by atoms with E-state index in [0.29, 0.717) is 12.1 Å². The smallest absolute Gasteiger partial charge is 0.251 e. The van der Waals surface area contributed by atoms with E-state index in [1.807, 2.05) is 0 Å². The van der Waals surface area contributed by atoms with Crippen molar-refractivity contribution in [3.63, 3.8) is 0 Å². The minimum Gasteiger partial charge on any atom is -0.352 e. The molecule has 1 aromatic carbocycles. The number of aromatic nitrogens is 2. The van der Waals surface area contributed by atoms with Crippen molar-refractivity contribution in [2.75, 3.05) is 6.54 Å². The number of aryl methyl sites for hydroxylation is 1. The second kappa shape index (κ2) is 8.60. The number of aromatic amines is 1. The van der Waals surface area contributed by atoms with E-state index in [9.17, 15) is 14.0 Å². The molecule has 3 rings (SSSR count). The van der Waals surface area contributed by atoms with Gasteiger partial charge in [0.2, 0.25) is 5.91 Å². The number of nitrogens with one attached hydrogen (secondary N) is 3. The molecule has 1 heterocycles. The summed E-state index contributed by atoms with van der Waals surface area (Å²) < 4.78 is 12.8. The molecule has 2 amide bonds. The van der Waals surface area contributed by atoms with E-state index >= 15 is 0 Å². The van der Waals surface area contributed by atoms with Crippen LogP contribution in [0.25, 0.3) is 0 Å².